The second kappa shape index (κ2) is 5.79. The van der Waals surface area contributed by atoms with Crippen LogP contribution in [0.3, 0.4) is 0 Å². The van der Waals surface area contributed by atoms with Crippen LogP contribution in [0, 0.1) is 11.8 Å². The minimum Gasteiger partial charge on any atom is -0.495 e. The Morgan fingerprint density at radius 3 is 2.88 bits per heavy atom. The van der Waals surface area contributed by atoms with Gasteiger partial charge in [-0.1, -0.05) is 11.8 Å². The minimum absolute atomic E-state index is 0.185. The summed E-state index contributed by atoms with van der Waals surface area (Å²) in [6.45, 7) is -0.229. The van der Waals surface area contributed by atoms with Crippen molar-refractivity contribution in [2.24, 2.45) is 0 Å². The second-order valence-electron chi connectivity index (χ2n) is 2.95. The molecule has 0 saturated heterocycles. The second-order valence-corrected chi connectivity index (χ2v) is 2.95. The minimum atomic E-state index is -0.229. The topological polar surface area (TPSA) is 58.6 Å². The standard InChI is InChI=1S/C12H13NO3/c1-13-12(15)10-5-6-11(16-2)9(8-10)4-3-7-14/h5-6,8,14H,7H2,1-2H3,(H,13,15). The number of methoxy groups -OCH3 is 1. The summed E-state index contributed by atoms with van der Waals surface area (Å²) in [6.07, 6.45) is 0. The molecule has 0 atom stereocenters. The van der Waals surface area contributed by atoms with E-state index in [1.807, 2.05) is 0 Å². The van der Waals surface area contributed by atoms with Gasteiger partial charge in [-0.05, 0) is 18.2 Å². The molecule has 2 N–H and O–H groups in total. The van der Waals surface area contributed by atoms with Gasteiger partial charge in [0.1, 0.15) is 12.4 Å². The van der Waals surface area contributed by atoms with Gasteiger partial charge in [0.15, 0.2) is 0 Å². The number of rotatable bonds is 2. The van der Waals surface area contributed by atoms with Crippen LogP contribution in [0.5, 0.6) is 5.75 Å². The van der Waals surface area contributed by atoms with Crippen molar-refractivity contribution >= 4 is 5.91 Å². The number of aliphatic hydroxyl groups excluding tert-OH is 1. The third kappa shape index (κ3) is 2.75. The number of carbonyl (C=O) groups is 1. The quantitative estimate of drug-likeness (QED) is 0.708. The van der Waals surface area contributed by atoms with Crippen molar-refractivity contribution in [1.29, 1.82) is 0 Å². The number of carbonyl (C=O) groups excluding carboxylic acids is 1. The Morgan fingerprint density at radius 1 is 1.56 bits per heavy atom. The Bertz CT molecular complexity index is 443. The van der Waals surface area contributed by atoms with Gasteiger partial charge < -0.3 is 15.2 Å². The van der Waals surface area contributed by atoms with Crippen LogP contribution in [0.2, 0.25) is 0 Å². The molecule has 0 aromatic heterocycles. The van der Waals surface area contributed by atoms with Crippen molar-refractivity contribution in [2.75, 3.05) is 20.8 Å². The average Bonchev–Trinajstić information content (AvgIpc) is 2.34. The molecule has 1 aromatic rings. The van der Waals surface area contributed by atoms with Gasteiger partial charge in [-0.3, -0.25) is 4.79 Å². The number of nitrogens with one attached hydrogen (secondary N) is 1. The molecular weight excluding hydrogens is 206 g/mol. The van der Waals surface area contributed by atoms with Crippen LogP contribution < -0.4 is 10.1 Å². The Morgan fingerprint density at radius 2 is 2.31 bits per heavy atom. The number of benzene rings is 1. The van der Waals surface area contributed by atoms with Crippen LogP contribution >= 0.6 is 0 Å². The van der Waals surface area contributed by atoms with Crippen LogP contribution in [0.25, 0.3) is 0 Å². The van der Waals surface area contributed by atoms with Crippen molar-refractivity contribution < 1.29 is 14.6 Å². The van der Waals surface area contributed by atoms with Gasteiger partial charge in [0.25, 0.3) is 5.91 Å². The van der Waals surface area contributed by atoms with Gasteiger partial charge >= 0.3 is 0 Å². The van der Waals surface area contributed by atoms with E-state index in [2.05, 4.69) is 17.2 Å². The fourth-order valence-electron chi connectivity index (χ4n) is 1.23. The zero-order chi connectivity index (χ0) is 12.0. The Kier molecular flexibility index (Phi) is 4.37. The molecule has 0 aliphatic rings. The van der Waals surface area contributed by atoms with Crippen LogP contribution in [0.1, 0.15) is 15.9 Å². The molecule has 0 heterocycles. The first-order valence-corrected chi connectivity index (χ1v) is 4.72. The van der Waals surface area contributed by atoms with Crippen molar-refractivity contribution in [3.8, 4) is 17.6 Å². The molecule has 1 aromatic carbocycles. The summed E-state index contributed by atoms with van der Waals surface area (Å²) in [5, 5.41) is 11.1. The smallest absolute Gasteiger partial charge is 0.251 e. The predicted octanol–water partition coefficient (Wildman–Crippen LogP) is 0.399. The summed E-state index contributed by atoms with van der Waals surface area (Å²) in [4.78, 5) is 11.4. The number of aliphatic hydroxyl groups is 1. The molecule has 0 spiro atoms. The maximum atomic E-state index is 11.4. The van der Waals surface area contributed by atoms with E-state index in [1.54, 1.807) is 25.2 Å². The molecule has 0 aliphatic carbocycles. The number of amides is 1. The highest BCUT2D eigenvalue weighted by Crippen LogP contribution is 2.18. The number of hydrogen-bond acceptors (Lipinski definition) is 3. The summed E-state index contributed by atoms with van der Waals surface area (Å²) in [5.74, 6) is 5.64. The first kappa shape index (κ1) is 12.1. The fraction of sp³-hybridized carbons (Fsp3) is 0.250. The molecular formula is C12H13NO3. The zero-order valence-electron chi connectivity index (χ0n) is 9.20. The molecule has 0 fully saturated rings. The van der Waals surface area contributed by atoms with Gasteiger partial charge in [0.2, 0.25) is 0 Å². The van der Waals surface area contributed by atoms with E-state index in [4.69, 9.17) is 9.84 Å². The summed E-state index contributed by atoms with van der Waals surface area (Å²) in [7, 11) is 3.09. The highest BCUT2D eigenvalue weighted by molar-refractivity contribution is 5.94. The lowest BCUT2D eigenvalue weighted by molar-refractivity contribution is 0.0963. The first-order valence-electron chi connectivity index (χ1n) is 4.72. The van der Waals surface area contributed by atoms with E-state index in [0.29, 0.717) is 16.9 Å². The summed E-state index contributed by atoms with van der Waals surface area (Å²) < 4.78 is 5.09. The van der Waals surface area contributed by atoms with Crippen molar-refractivity contribution in [3.05, 3.63) is 29.3 Å². The fourth-order valence-corrected chi connectivity index (χ4v) is 1.23. The maximum absolute atomic E-state index is 11.4. The van der Waals surface area contributed by atoms with Gasteiger partial charge in [0, 0.05) is 12.6 Å². The molecule has 0 bridgehead atoms. The highest BCUT2D eigenvalue weighted by atomic mass is 16.5. The monoisotopic (exact) mass is 219 g/mol. The molecule has 0 unspecified atom stereocenters. The molecule has 1 rings (SSSR count). The molecule has 16 heavy (non-hydrogen) atoms. The molecule has 4 heteroatoms. The van der Waals surface area contributed by atoms with Crippen LogP contribution in [0.4, 0.5) is 0 Å². The third-order valence-electron chi connectivity index (χ3n) is 1.99. The molecule has 84 valence electrons. The molecule has 1 amide bonds. The zero-order valence-corrected chi connectivity index (χ0v) is 9.20. The lowest BCUT2D eigenvalue weighted by Crippen LogP contribution is -2.17. The third-order valence-corrected chi connectivity index (χ3v) is 1.99. The van der Waals surface area contributed by atoms with Gasteiger partial charge in [0.05, 0.1) is 12.7 Å². The Balaban J connectivity index is 3.15. The summed E-state index contributed by atoms with van der Waals surface area (Å²) >= 11 is 0. The lowest BCUT2D eigenvalue weighted by Gasteiger charge is -2.05. The normalized spacial score (nSPS) is 8.94. The van der Waals surface area contributed by atoms with Crippen molar-refractivity contribution in [2.45, 2.75) is 0 Å². The lowest BCUT2D eigenvalue weighted by atomic mass is 10.1. The van der Waals surface area contributed by atoms with Crippen LogP contribution in [0.15, 0.2) is 18.2 Å². The SMILES string of the molecule is CNC(=O)c1ccc(OC)c(C#CCO)c1. The molecule has 4 nitrogen and oxygen atoms in total. The van der Waals surface area contributed by atoms with Crippen LogP contribution in [-0.2, 0) is 0 Å². The number of ether oxygens (including phenoxy) is 1. The van der Waals surface area contributed by atoms with Gasteiger partial charge in [-0.15, -0.1) is 0 Å². The van der Waals surface area contributed by atoms with E-state index < -0.39 is 0 Å². The van der Waals surface area contributed by atoms with Gasteiger partial charge in [-0.25, -0.2) is 0 Å². The van der Waals surface area contributed by atoms with E-state index >= 15 is 0 Å². The number of hydrogen-bond donors (Lipinski definition) is 2. The highest BCUT2D eigenvalue weighted by Gasteiger charge is 2.07. The van der Waals surface area contributed by atoms with E-state index in [1.165, 1.54) is 7.11 Å². The van der Waals surface area contributed by atoms with Crippen molar-refractivity contribution in [1.82, 2.24) is 5.32 Å². The molecule has 0 radical (unpaired) electrons. The predicted molar refractivity (Wildman–Crippen MR) is 60.3 cm³/mol. The molecule has 0 saturated carbocycles. The van der Waals surface area contributed by atoms with Gasteiger partial charge in [-0.2, -0.15) is 0 Å². The Hall–Kier alpha value is -1.99. The average molecular weight is 219 g/mol. The van der Waals surface area contributed by atoms with Crippen LogP contribution in [-0.4, -0.2) is 31.8 Å². The maximum Gasteiger partial charge on any atom is 0.251 e. The van der Waals surface area contributed by atoms with E-state index in [9.17, 15) is 4.79 Å². The van der Waals surface area contributed by atoms with E-state index in [-0.39, 0.29) is 12.5 Å². The summed E-state index contributed by atoms with van der Waals surface area (Å²) in [6, 6.07) is 4.95. The van der Waals surface area contributed by atoms with E-state index in [0.717, 1.165) is 0 Å². The first-order chi connectivity index (χ1) is 7.72. The largest absolute Gasteiger partial charge is 0.495 e. The summed E-state index contributed by atoms with van der Waals surface area (Å²) in [5.41, 5.74) is 1.09. The molecule has 0 aliphatic heterocycles. The Labute approximate surface area is 94.2 Å². The van der Waals surface area contributed by atoms with Crippen molar-refractivity contribution in [3.63, 3.8) is 0 Å².